The molecule has 0 heterocycles. The zero-order valence-electron chi connectivity index (χ0n) is 12.5. The molecule has 0 aromatic rings. The zero-order chi connectivity index (χ0) is 15.0. The van der Waals surface area contributed by atoms with Crippen LogP contribution in [0.2, 0.25) is 0 Å². The third-order valence-corrected chi connectivity index (χ3v) is 3.26. The quantitative estimate of drug-likeness (QED) is 0.382. The van der Waals surface area contributed by atoms with Gasteiger partial charge in [-0.1, -0.05) is 39.8 Å². The first-order valence-corrected chi connectivity index (χ1v) is 6.82. The van der Waals surface area contributed by atoms with Crippen molar-refractivity contribution in [1.82, 2.24) is 0 Å². The number of carbonyl (C=O) groups excluding carboxylic acids is 2. The van der Waals surface area contributed by atoms with Crippen LogP contribution in [0.5, 0.6) is 0 Å². The molecular weight excluding hydrogens is 240 g/mol. The van der Waals surface area contributed by atoms with Crippen LogP contribution in [-0.2, 0) is 14.3 Å². The Morgan fingerprint density at radius 1 is 0.895 bits per heavy atom. The highest BCUT2D eigenvalue weighted by Crippen LogP contribution is 2.21. The predicted octanol–water partition coefficient (Wildman–Crippen LogP) is 3.75. The van der Waals surface area contributed by atoms with Crippen molar-refractivity contribution in [2.24, 2.45) is 23.7 Å². The summed E-state index contributed by atoms with van der Waals surface area (Å²) in [7, 11) is 0. The van der Waals surface area contributed by atoms with Crippen LogP contribution >= 0.6 is 0 Å². The molecule has 0 N–H and O–H groups in total. The van der Waals surface area contributed by atoms with Gasteiger partial charge < -0.3 is 4.74 Å². The van der Waals surface area contributed by atoms with Gasteiger partial charge in [0.05, 0.1) is 11.8 Å². The van der Waals surface area contributed by atoms with Crippen LogP contribution < -0.4 is 0 Å². The predicted molar refractivity (Wildman–Crippen MR) is 77.4 cm³/mol. The van der Waals surface area contributed by atoms with E-state index in [1.165, 1.54) is 0 Å². The Bertz CT molecular complexity index is 297. The van der Waals surface area contributed by atoms with E-state index in [1.807, 2.05) is 27.7 Å². The van der Waals surface area contributed by atoms with Gasteiger partial charge >= 0.3 is 11.9 Å². The number of allylic oxidation sites excluding steroid dienone is 2. The van der Waals surface area contributed by atoms with E-state index in [1.54, 1.807) is 12.2 Å². The molecule has 0 radical (unpaired) electrons. The molecule has 19 heavy (non-hydrogen) atoms. The third-order valence-electron chi connectivity index (χ3n) is 3.26. The van der Waals surface area contributed by atoms with E-state index in [0.717, 1.165) is 0 Å². The molecule has 2 atom stereocenters. The molecular formula is C16H26O3. The molecule has 0 spiro atoms. The summed E-state index contributed by atoms with van der Waals surface area (Å²) in [4.78, 5) is 24.0. The molecule has 0 fully saturated rings. The minimum absolute atomic E-state index is 0.121. The second-order valence-corrected chi connectivity index (χ2v) is 5.49. The largest absolute Gasteiger partial charge is 0.393 e. The lowest BCUT2D eigenvalue weighted by atomic mass is 9.91. The number of rotatable bonds is 8. The van der Waals surface area contributed by atoms with Gasteiger partial charge in [0.2, 0.25) is 0 Å². The van der Waals surface area contributed by atoms with E-state index in [4.69, 9.17) is 4.74 Å². The van der Waals surface area contributed by atoms with Crippen molar-refractivity contribution in [3.63, 3.8) is 0 Å². The van der Waals surface area contributed by atoms with Crippen molar-refractivity contribution >= 4 is 11.9 Å². The minimum atomic E-state index is -0.449. The summed E-state index contributed by atoms with van der Waals surface area (Å²) in [5.41, 5.74) is 0. The maximum Gasteiger partial charge on any atom is 0.317 e. The Kier molecular flexibility index (Phi) is 8.05. The number of esters is 2. The van der Waals surface area contributed by atoms with E-state index in [2.05, 4.69) is 13.2 Å². The molecule has 3 heteroatoms. The summed E-state index contributed by atoms with van der Waals surface area (Å²) in [6.07, 6.45) is 4.41. The van der Waals surface area contributed by atoms with Crippen LogP contribution in [0.3, 0.4) is 0 Å². The smallest absolute Gasteiger partial charge is 0.317 e. The highest BCUT2D eigenvalue weighted by Gasteiger charge is 2.29. The van der Waals surface area contributed by atoms with E-state index >= 15 is 0 Å². The Morgan fingerprint density at radius 3 is 1.42 bits per heavy atom. The number of ether oxygens (including phenoxy) is 1. The zero-order valence-corrected chi connectivity index (χ0v) is 12.5. The monoisotopic (exact) mass is 266 g/mol. The van der Waals surface area contributed by atoms with Crippen molar-refractivity contribution in [1.29, 1.82) is 0 Å². The van der Waals surface area contributed by atoms with Gasteiger partial charge in [-0.25, -0.2) is 0 Å². The molecule has 0 saturated heterocycles. The van der Waals surface area contributed by atoms with Crippen molar-refractivity contribution in [2.45, 2.75) is 40.5 Å². The van der Waals surface area contributed by atoms with E-state index in [-0.39, 0.29) is 23.7 Å². The van der Waals surface area contributed by atoms with E-state index in [0.29, 0.717) is 12.8 Å². The minimum Gasteiger partial charge on any atom is -0.393 e. The standard InChI is InChI=1S/C16H26O3/c1-7-9-13(11(3)4)15(17)19-16(18)14(10-8-2)12(5)6/h7-8,11-14H,1-2,9-10H2,3-6H3/t13-,14-/m1/s1. The molecule has 0 amide bonds. The lowest BCUT2D eigenvalue weighted by Gasteiger charge is -2.21. The third kappa shape index (κ3) is 5.86. The summed E-state index contributed by atoms with van der Waals surface area (Å²) < 4.78 is 5.03. The molecule has 0 aromatic heterocycles. The van der Waals surface area contributed by atoms with Crippen LogP contribution in [-0.4, -0.2) is 11.9 Å². The van der Waals surface area contributed by atoms with Crippen LogP contribution in [0.15, 0.2) is 25.3 Å². The summed E-state index contributed by atoms with van der Waals surface area (Å²) in [6, 6.07) is 0. The lowest BCUT2D eigenvalue weighted by Crippen LogP contribution is -2.30. The second-order valence-electron chi connectivity index (χ2n) is 5.49. The van der Waals surface area contributed by atoms with Gasteiger partial charge in [0.15, 0.2) is 0 Å². The van der Waals surface area contributed by atoms with Crippen LogP contribution in [0.4, 0.5) is 0 Å². The van der Waals surface area contributed by atoms with Crippen LogP contribution in [0.1, 0.15) is 40.5 Å². The van der Waals surface area contributed by atoms with Gasteiger partial charge in [-0.3, -0.25) is 9.59 Å². The highest BCUT2D eigenvalue weighted by molar-refractivity contribution is 5.88. The van der Waals surface area contributed by atoms with Gasteiger partial charge in [0.25, 0.3) is 0 Å². The summed E-state index contributed by atoms with van der Waals surface area (Å²) >= 11 is 0. The first-order chi connectivity index (χ1) is 8.84. The molecule has 0 saturated carbocycles. The molecule has 3 nitrogen and oxygen atoms in total. The van der Waals surface area contributed by atoms with Crippen molar-refractivity contribution in [3.8, 4) is 0 Å². The molecule has 0 unspecified atom stereocenters. The maximum absolute atomic E-state index is 12.0. The molecule has 0 aliphatic rings. The molecule has 0 rings (SSSR count). The van der Waals surface area contributed by atoms with Crippen molar-refractivity contribution in [2.75, 3.05) is 0 Å². The number of hydrogen-bond donors (Lipinski definition) is 0. The average Bonchev–Trinajstić information content (AvgIpc) is 2.31. The highest BCUT2D eigenvalue weighted by atomic mass is 16.6. The SMILES string of the molecule is C=CC[C@@H](C(=O)OC(=O)[C@H](CC=C)C(C)C)C(C)C. The van der Waals surface area contributed by atoms with Gasteiger partial charge in [0.1, 0.15) is 0 Å². The fraction of sp³-hybridized carbons (Fsp3) is 0.625. The maximum atomic E-state index is 12.0. The number of carbonyl (C=O) groups is 2. The Labute approximate surface area is 116 Å². The topological polar surface area (TPSA) is 43.4 Å². The lowest BCUT2D eigenvalue weighted by molar-refractivity contribution is -0.167. The fourth-order valence-corrected chi connectivity index (χ4v) is 1.89. The Balaban J connectivity index is 4.71. The molecule has 108 valence electrons. The van der Waals surface area contributed by atoms with Gasteiger partial charge in [-0.05, 0) is 24.7 Å². The summed E-state index contributed by atoms with van der Waals surface area (Å²) in [5.74, 6) is -1.27. The summed E-state index contributed by atoms with van der Waals surface area (Å²) in [5, 5.41) is 0. The first-order valence-electron chi connectivity index (χ1n) is 6.82. The van der Waals surface area contributed by atoms with E-state index < -0.39 is 11.9 Å². The van der Waals surface area contributed by atoms with Crippen molar-refractivity contribution < 1.29 is 14.3 Å². The first kappa shape index (κ1) is 17.6. The van der Waals surface area contributed by atoms with Crippen LogP contribution in [0.25, 0.3) is 0 Å². The number of hydrogen-bond acceptors (Lipinski definition) is 3. The molecule has 0 aliphatic carbocycles. The Hall–Kier alpha value is -1.38. The Morgan fingerprint density at radius 2 is 1.21 bits per heavy atom. The van der Waals surface area contributed by atoms with Gasteiger partial charge in [0, 0.05) is 0 Å². The molecule has 0 aromatic carbocycles. The average molecular weight is 266 g/mol. The van der Waals surface area contributed by atoms with Crippen LogP contribution in [0, 0.1) is 23.7 Å². The van der Waals surface area contributed by atoms with Gasteiger partial charge in [-0.15, -0.1) is 13.2 Å². The fourth-order valence-electron chi connectivity index (χ4n) is 1.89. The molecule has 0 aliphatic heterocycles. The van der Waals surface area contributed by atoms with Gasteiger partial charge in [-0.2, -0.15) is 0 Å². The van der Waals surface area contributed by atoms with Crippen molar-refractivity contribution in [3.05, 3.63) is 25.3 Å². The molecule has 0 bridgehead atoms. The second kappa shape index (κ2) is 8.68. The summed E-state index contributed by atoms with van der Waals surface area (Å²) in [6.45, 7) is 15.0. The normalized spacial score (nSPS) is 14.0. The van der Waals surface area contributed by atoms with E-state index in [9.17, 15) is 9.59 Å².